The molecular formula is C24H18N4O3. The first-order valence-corrected chi connectivity index (χ1v) is 9.78. The number of aromatic carboxylic acids is 1. The van der Waals surface area contributed by atoms with Crippen molar-refractivity contribution < 1.29 is 14.7 Å². The summed E-state index contributed by atoms with van der Waals surface area (Å²) in [4.78, 5) is 30.8. The monoisotopic (exact) mass is 410 g/mol. The second-order valence-electron chi connectivity index (χ2n) is 7.41. The minimum atomic E-state index is -1.02. The number of benzene rings is 2. The smallest absolute Gasteiger partial charge is 0.335 e. The molecule has 0 radical (unpaired) electrons. The molecule has 0 bridgehead atoms. The largest absolute Gasteiger partial charge is 0.478 e. The highest BCUT2D eigenvalue weighted by Crippen LogP contribution is 2.44. The fraction of sp³-hybridized carbons (Fsp3) is 0.0833. The number of rotatable bonds is 4. The van der Waals surface area contributed by atoms with Gasteiger partial charge in [0.1, 0.15) is 11.7 Å². The lowest BCUT2D eigenvalue weighted by Gasteiger charge is -2.25. The maximum Gasteiger partial charge on any atom is 0.335 e. The fourth-order valence-corrected chi connectivity index (χ4v) is 3.93. The molecule has 0 unspecified atom stereocenters. The Kier molecular flexibility index (Phi) is 4.36. The summed E-state index contributed by atoms with van der Waals surface area (Å²) in [6, 6.07) is 19.3. The molecule has 0 spiro atoms. The summed E-state index contributed by atoms with van der Waals surface area (Å²) < 4.78 is 0. The standard InChI is InChI=1S/C24H18N4O3/c1-14-5-7-15(8-6-14)20-19-21(27-26-20)23(29)28(22(19)18-4-2-3-13-25-18)17-11-9-16(10-12-17)24(30)31/h2-13,22H,1H3,(H,26,27)(H,30,31)/t22-/m1/s1. The Hall–Kier alpha value is -4.26. The molecule has 0 saturated heterocycles. The zero-order chi connectivity index (χ0) is 21.5. The van der Waals surface area contributed by atoms with Crippen LogP contribution in [-0.2, 0) is 0 Å². The van der Waals surface area contributed by atoms with Gasteiger partial charge in [-0.15, -0.1) is 0 Å². The number of aryl methyl sites for hydroxylation is 1. The highest BCUT2D eigenvalue weighted by molar-refractivity contribution is 6.11. The summed E-state index contributed by atoms with van der Waals surface area (Å²) in [6.07, 6.45) is 1.69. The van der Waals surface area contributed by atoms with Gasteiger partial charge in [-0.25, -0.2) is 4.79 Å². The predicted octanol–water partition coefficient (Wildman–Crippen LogP) is 4.23. The SMILES string of the molecule is Cc1ccc(-c2n[nH]c3c2[C@@H](c2ccccn2)N(c2ccc(C(=O)O)cc2)C3=O)cc1. The van der Waals surface area contributed by atoms with Gasteiger partial charge in [0.15, 0.2) is 0 Å². The molecule has 4 aromatic rings. The van der Waals surface area contributed by atoms with Crippen LogP contribution in [-0.4, -0.2) is 32.2 Å². The second-order valence-corrected chi connectivity index (χ2v) is 7.41. The molecule has 2 aromatic carbocycles. The van der Waals surface area contributed by atoms with Crippen LogP contribution in [0, 0.1) is 6.92 Å². The van der Waals surface area contributed by atoms with Crippen LogP contribution >= 0.6 is 0 Å². The first-order chi connectivity index (χ1) is 15.0. The van der Waals surface area contributed by atoms with Gasteiger partial charge in [0.2, 0.25) is 0 Å². The number of carboxylic acid groups (broad SMARTS) is 1. The molecule has 5 rings (SSSR count). The molecule has 1 aliphatic heterocycles. The summed E-state index contributed by atoms with van der Waals surface area (Å²) in [5.74, 6) is -1.25. The maximum atomic E-state index is 13.4. The molecule has 152 valence electrons. The Balaban J connectivity index is 1.68. The molecule has 0 saturated carbocycles. The number of pyridine rings is 1. The summed E-state index contributed by atoms with van der Waals surface area (Å²) >= 11 is 0. The van der Waals surface area contributed by atoms with E-state index in [0.717, 1.165) is 16.7 Å². The van der Waals surface area contributed by atoms with E-state index in [2.05, 4.69) is 15.2 Å². The third kappa shape index (κ3) is 3.07. The quantitative estimate of drug-likeness (QED) is 0.525. The van der Waals surface area contributed by atoms with E-state index in [1.807, 2.05) is 49.4 Å². The van der Waals surface area contributed by atoms with Crippen LogP contribution in [0.1, 0.15) is 43.7 Å². The minimum absolute atomic E-state index is 0.158. The Morgan fingerprint density at radius 1 is 1.03 bits per heavy atom. The summed E-state index contributed by atoms with van der Waals surface area (Å²) in [7, 11) is 0. The third-order valence-corrected chi connectivity index (χ3v) is 5.45. The molecular weight excluding hydrogens is 392 g/mol. The van der Waals surface area contributed by atoms with Crippen molar-refractivity contribution in [3.63, 3.8) is 0 Å². The van der Waals surface area contributed by atoms with Gasteiger partial charge in [0, 0.05) is 23.0 Å². The van der Waals surface area contributed by atoms with E-state index in [-0.39, 0.29) is 11.5 Å². The number of carboxylic acids is 1. The molecule has 7 nitrogen and oxygen atoms in total. The number of carbonyl (C=O) groups excluding carboxylic acids is 1. The number of carbonyl (C=O) groups is 2. The Labute approximate surface area is 178 Å². The summed E-state index contributed by atoms with van der Waals surface area (Å²) in [5, 5.41) is 16.6. The maximum absolute atomic E-state index is 13.4. The van der Waals surface area contributed by atoms with Crippen molar-refractivity contribution in [1.82, 2.24) is 15.2 Å². The average Bonchev–Trinajstić information content (AvgIpc) is 3.34. The molecule has 2 aromatic heterocycles. The predicted molar refractivity (Wildman–Crippen MR) is 115 cm³/mol. The van der Waals surface area contributed by atoms with Gasteiger partial charge in [-0.2, -0.15) is 5.10 Å². The molecule has 1 amide bonds. The van der Waals surface area contributed by atoms with E-state index in [1.165, 1.54) is 12.1 Å². The van der Waals surface area contributed by atoms with E-state index < -0.39 is 12.0 Å². The van der Waals surface area contributed by atoms with Crippen LogP contribution in [0.4, 0.5) is 5.69 Å². The Morgan fingerprint density at radius 3 is 2.42 bits per heavy atom. The molecule has 0 fully saturated rings. The van der Waals surface area contributed by atoms with Gasteiger partial charge in [-0.1, -0.05) is 35.9 Å². The van der Waals surface area contributed by atoms with Crippen LogP contribution in [0.25, 0.3) is 11.3 Å². The topological polar surface area (TPSA) is 99.2 Å². The first-order valence-electron chi connectivity index (χ1n) is 9.78. The van der Waals surface area contributed by atoms with Crippen LogP contribution in [0.3, 0.4) is 0 Å². The lowest BCUT2D eigenvalue weighted by atomic mass is 9.98. The van der Waals surface area contributed by atoms with Gasteiger partial charge in [0.25, 0.3) is 5.91 Å². The number of H-pyrrole nitrogens is 1. The van der Waals surface area contributed by atoms with Gasteiger partial charge >= 0.3 is 5.97 Å². The zero-order valence-electron chi connectivity index (χ0n) is 16.6. The normalized spacial score (nSPS) is 15.2. The number of amides is 1. The third-order valence-electron chi connectivity index (χ3n) is 5.45. The fourth-order valence-electron chi connectivity index (χ4n) is 3.93. The number of hydrogen-bond acceptors (Lipinski definition) is 4. The van der Waals surface area contributed by atoms with Gasteiger partial charge < -0.3 is 5.11 Å². The van der Waals surface area contributed by atoms with E-state index in [9.17, 15) is 14.7 Å². The number of nitrogens with zero attached hydrogens (tertiary/aromatic N) is 3. The lowest BCUT2D eigenvalue weighted by molar-refractivity contribution is 0.0696. The summed E-state index contributed by atoms with van der Waals surface area (Å²) in [6.45, 7) is 2.02. The molecule has 1 atom stereocenters. The van der Waals surface area contributed by atoms with E-state index in [0.29, 0.717) is 22.8 Å². The van der Waals surface area contributed by atoms with Crippen molar-refractivity contribution in [1.29, 1.82) is 0 Å². The van der Waals surface area contributed by atoms with Crippen molar-refractivity contribution in [3.8, 4) is 11.3 Å². The van der Waals surface area contributed by atoms with Crippen molar-refractivity contribution in [3.05, 3.63) is 101 Å². The highest BCUT2D eigenvalue weighted by atomic mass is 16.4. The first kappa shape index (κ1) is 18.7. The summed E-state index contributed by atoms with van der Waals surface area (Å²) in [5.41, 5.74) is 5.35. The van der Waals surface area contributed by atoms with E-state index in [1.54, 1.807) is 23.2 Å². The highest BCUT2D eigenvalue weighted by Gasteiger charge is 2.43. The molecule has 0 aliphatic carbocycles. The number of anilines is 1. The average molecular weight is 410 g/mol. The number of fused-ring (bicyclic) bond motifs is 1. The molecule has 3 heterocycles. The van der Waals surface area contributed by atoms with E-state index >= 15 is 0 Å². The second kappa shape index (κ2) is 7.21. The molecule has 2 N–H and O–H groups in total. The number of aromatic nitrogens is 3. The number of aromatic amines is 1. The van der Waals surface area contributed by atoms with Crippen molar-refractivity contribution >= 4 is 17.6 Å². The number of hydrogen-bond donors (Lipinski definition) is 2. The van der Waals surface area contributed by atoms with Gasteiger partial charge in [0.05, 0.1) is 17.0 Å². The van der Waals surface area contributed by atoms with Crippen LogP contribution < -0.4 is 4.90 Å². The molecule has 1 aliphatic rings. The van der Waals surface area contributed by atoms with Crippen molar-refractivity contribution in [2.24, 2.45) is 0 Å². The van der Waals surface area contributed by atoms with Crippen molar-refractivity contribution in [2.45, 2.75) is 13.0 Å². The van der Waals surface area contributed by atoms with Crippen LogP contribution in [0.5, 0.6) is 0 Å². The van der Waals surface area contributed by atoms with Gasteiger partial charge in [-0.3, -0.25) is 19.8 Å². The Bertz CT molecular complexity index is 1280. The zero-order valence-corrected chi connectivity index (χ0v) is 16.6. The Morgan fingerprint density at radius 2 is 1.77 bits per heavy atom. The van der Waals surface area contributed by atoms with Gasteiger partial charge in [-0.05, 0) is 43.3 Å². The molecule has 7 heteroatoms. The number of nitrogens with one attached hydrogen (secondary N) is 1. The minimum Gasteiger partial charge on any atom is -0.478 e. The van der Waals surface area contributed by atoms with Crippen LogP contribution in [0.15, 0.2) is 72.9 Å². The van der Waals surface area contributed by atoms with E-state index in [4.69, 9.17) is 0 Å². The van der Waals surface area contributed by atoms with Crippen molar-refractivity contribution in [2.75, 3.05) is 4.90 Å². The molecule has 31 heavy (non-hydrogen) atoms. The lowest BCUT2D eigenvalue weighted by Crippen LogP contribution is -2.29. The van der Waals surface area contributed by atoms with Crippen LogP contribution in [0.2, 0.25) is 0 Å².